The lowest BCUT2D eigenvalue weighted by Crippen LogP contribution is -2.16. The van der Waals surface area contributed by atoms with Crippen LogP contribution in [-0.4, -0.2) is 39.0 Å². The molecule has 3 heterocycles. The van der Waals surface area contributed by atoms with Gasteiger partial charge >= 0.3 is 0 Å². The second kappa shape index (κ2) is 7.53. The molecule has 0 fully saturated rings. The summed E-state index contributed by atoms with van der Waals surface area (Å²) in [6.45, 7) is 6.76. The van der Waals surface area contributed by atoms with Crippen molar-refractivity contribution < 1.29 is 5.11 Å². The highest BCUT2D eigenvalue weighted by Crippen LogP contribution is 2.42. The fourth-order valence-corrected chi connectivity index (χ4v) is 5.33. The van der Waals surface area contributed by atoms with Gasteiger partial charge in [0.2, 0.25) is 0 Å². The number of hydrogen-bond donors (Lipinski definition) is 2. The number of aromatic nitrogens is 3. The molecule has 4 rings (SSSR count). The largest absolute Gasteiger partial charge is 0.392 e. The van der Waals surface area contributed by atoms with Crippen molar-refractivity contribution in [2.24, 2.45) is 5.92 Å². The van der Waals surface area contributed by atoms with Crippen LogP contribution < -0.4 is 5.32 Å². The number of aryl methyl sites for hydroxylation is 1. The van der Waals surface area contributed by atoms with E-state index in [4.69, 9.17) is 9.97 Å². The van der Waals surface area contributed by atoms with Crippen LogP contribution in [0.5, 0.6) is 0 Å². The average molecular weight is 403 g/mol. The van der Waals surface area contributed by atoms with Crippen LogP contribution in [0.3, 0.4) is 0 Å². The summed E-state index contributed by atoms with van der Waals surface area (Å²) in [6, 6.07) is 0. The van der Waals surface area contributed by atoms with Gasteiger partial charge in [0, 0.05) is 17.6 Å². The van der Waals surface area contributed by atoms with Crippen LogP contribution in [0.1, 0.15) is 44.0 Å². The summed E-state index contributed by atoms with van der Waals surface area (Å²) in [5.74, 6) is 1.41. The van der Waals surface area contributed by atoms with Crippen LogP contribution in [-0.2, 0) is 19.3 Å². The van der Waals surface area contributed by atoms with Gasteiger partial charge in [0.15, 0.2) is 5.16 Å². The van der Waals surface area contributed by atoms with E-state index in [1.54, 1.807) is 30.0 Å². The molecule has 0 amide bonds. The lowest BCUT2D eigenvalue weighted by molar-refractivity contribution is 0.208. The van der Waals surface area contributed by atoms with Gasteiger partial charge in [-0.05, 0) is 55.9 Å². The Bertz CT molecular complexity index is 997. The third-order valence-corrected chi connectivity index (χ3v) is 6.58. The van der Waals surface area contributed by atoms with E-state index >= 15 is 0 Å². The Morgan fingerprint density at radius 2 is 1.93 bits per heavy atom. The molecule has 0 aromatic carbocycles. The second-order valence-corrected chi connectivity index (χ2v) is 9.49. The van der Waals surface area contributed by atoms with E-state index in [-0.39, 0.29) is 0 Å². The molecule has 1 aliphatic carbocycles. The highest BCUT2D eigenvalue weighted by atomic mass is 32.2. The molecule has 2 N–H and O–H groups in total. The Labute approximate surface area is 168 Å². The lowest BCUT2D eigenvalue weighted by Gasteiger charge is -2.11. The Balaban J connectivity index is 1.96. The maximum atomic E-state index is 9.68. The lowest BCUT2D eigenvalue weighted by atomic mass is 9.99. The maximum Gasteiger partial charge on any atom is 0.189 e. The Morgan fingerprint density at radius 1 is 1.15 bits per heavy atom. The topological polar surface area (TPSA) is 70.9 Å². The predicted octanol–water partition coefficient (Wildman–Crippen LogP) is 4.44. The van der Waals surface area contributed by atoms with Crippen LogP contribution in [0, 0.1) is 5.92 Å². The number of thioether (sulfide) groups is 1. The maximum absolute atomic E-state index is 9.68. The number of fused-ring (bicyclic) bond motifs is 5. The van der Waals surface area contributed by atoms with Crippen molar-refractivity contribution >= 4 is 49.3 Å². The molecule has 0 saturated carbocycles. The first kappa shape index (κ1) is 18.9. The number of rotatable bonds is 6. The summed E-state index contributed by atoms with van der Waals surface area (Å²) in [7, 11) is 0. The highest BCUT2D eigenvalue weighted by molar-refractivity contribution is 7.98. The zero-order chi connectivity index (χ0) is 19.1. The number of hydrogen-bond acceptors (Lipinski definition) is 7. The van der Waals surface area contributed by atoms with Gasteiger partial charge in [-0.3, -0.25) is 0 Å². The van der Waals surface area contributed by atoms with Crippen LogP contribution in [0.2, 0.25) is 0 Å². The van der Waals surface area contributed by atoms with E-state index in [1.807, 2.05) is 6.26 Å². The number of aliphatic hydroxyl groups excluding tert-OH is 1. The zero-order valence-corrected chi connectivity index (χ0v) is 17.9. The molecule has 5 nitrogen and oxygen atoms in total. The molecule has 144 valence electrons. The number of aliphatic hydroxyl groups is 1. The number of nitrogens with zero attached hydrogens (tertiary/aromatic N) is 3. The van der Waals surface area contributed by atoms with E-state index in [0.717, 1.165) is 45.3 Å². The fraction of sp³-hybridized carbons (Fsp3) is 0.550. The van der Waals surface area contributed by atoms with E-state index in [1.165, 1.54) is 28.6 Å². The molecule has 0 unspecified atom stereocenters. The molecule has 0 saturated heterocycles. The monoisotopic (exact) mass is 402 g/mol. The normalized spacial score (nSPS) is 15.0. The van der Waals surface area contributed by atoms with Gasteiger partial charge in [0.05, 0.1) is 16.3 Å². The molecule has 27 heavy (non-hydrogen) atoms. The first-order valence-electron chi connectivity index (χ1n) is 9.58. The standard InChI is InChI=1S/C20H26N4OS2/c1-10(2)8-14-12-6-5-7-13(12)15-16-17(27-19(15)22-14)18(21-9-11(3)25)24-20(23-16)26-4/h10-11,25H,5-9H2,1-4H3,(H,21,23,24)/t11-/m1/s1. The molecular weight excluding hydrogens is 376 g/mol. The minimum atomic E-state index is -0.429. The quantitative estimate of drug-likeness (QED) is 0.469. The molecule has 1 aliphatic rings. The summed E-state index contributed by atoms with van der Waals surface area (Å²) in [6.07, 6.45) is 6.04. The van der Waals surface area contributed by atoms with Crippen LogP contribution >= 0.6 is 23.1 Å². The summed E-state index contributed by atoms with van der Waals surface area (Å²) in [5.41, 5.74) is 5.20. The fourth-order valence-electron chi connectivity index (χ4n) is 3.83. The summed E-state index contributed by atoms with van der Waals surface area (Å²) in [5, 5.41) is 15.0. The third-order valence-electron chi connectivity index (χ3n) is 4.95. The highest BCUT2D eigenvalue weighted by Gasteiger charge is 2.25. The van der Waals surface area contributed by atoms with Crippen molar-refractivity contribution in [1.82, 2.24) is 15.0 Å². The minimum Gasteiger partial charge on any atom is -0.392 e. The van der Waals surface area contributed by atoms with E-state index in [2.05, 4.69) is 24.1 Å². The molecule has 0 radical (unpaired) electrons. The first-order valence-corrected chi connectivity index (χ1v) is 11.6. The molecule has 0 spiro atoms. The molecule has 0 aliphatic heterocycles. The Hall–Kier alpha value is -1.44. The predicted molar refractivity (Wildman–Crippen MR) is 115 cm³/mol. The van der Waals surface area contributed by atoms with E-state index in [9.17, 15) is 5.11 Å². The minimum absolute atomic E-state index is 0.429. The summed E-state index contributed by atoms with van der Waals surface area (Å²) < 4.78 is 1.05. The number of thiophene rings is 1. The van der Waals surface area contributed by atoms with E-state index < -0.39 is 6.10 Å². The molecule has 3 aromatic heterocycles. The smallest absolute Gasteiger partial charge is 0.189 e. The van der Waals surface area contributed by atoms with Crippen LogP contribution in [0.25, 0.3) is 20.4 Å². The summed E-state index contributed by atoms with van der Waals surface area (Å²) >= 11 is 3.23. The number of pyridine rings is 1. The van der Waals surface area contributed by atoms with Crippen LogP contribution in [0.15, 0.2) is 5.16 Å². The SMILES string of the molecule is CSc1nc(NC[C@@H](C)O)c2sc3nc(CC(C)C)c4c(c3c2n1)CCC4. The van der Waals surface area contributed by atoms with Crippen molar-refractivity contribution in [2.75, 3.05) is 18.1 Å². The first-order chi connectivity index (χ1) is 13.0. The van der Waals surface area contributed by atoms with Gasteiger partial charge in [-0.2, -0.15) is 0 Å². The second-order valence-electron chi connectivity index (χ2n) is 7.72. The molecule has 7 heteroatoms. The van der Waals surface area contributed by atoms with Gasteiger partial charge in [0.1, 0.15) is 10.6 Å². The average Bonchev–Trinajstić information content (AvgIpc) is 3.22. The van der Waals surface area contributed by atoms with Gasteiger partial charge in [-0.1, -0.05) is 25.6 Å². The van der Waals surface area contributed by atoms with Gasteiger partial charge < -0.3 is 10.4 Å². The molecule has 3 aromatic rings. The summed E-state index contributed by atoms with van der Waals surface area (Å²) in [4.78, 5) is 15.7. The Morgan fingerprint density at radius 3 is 2.63 bits per heavy atom. The Kier molecular flexibility index (Phi) is 5.27. The van der Waals surface area contributed by atoms with Gasteiger partial charge in [-0.25, -0.2) is 15.0 Å². The van der Waals surface area contributed by atoms with E-state index in [0.29, 0.717) is 12.5 Å². The van der Waals surface area contributed by atoms with Crippen molar-refractivity contribution in [3.05, 3.63) is 16.8 Å². The number of nitrogens with one attached hydrogen (secondary N) is 1. The molecular formula is C20H26N4OS2. The number of anilines is 1. The third kappa shape index (κ3) is 3.52. The van der Waals surface area contributed by atoms with Gasteiger partial charge in [0.25, 0.3) is 0 Å². The molecule has 0 bridgehead atoms. The van der Waals surface area contributed by atoms with Crippen molar-refractivity contribution in [3.63, 3.8) is 0 Å². The van der Waals surface area contributed by atoms with Crippen LogP contribution in [0.4, 0.5) is 5.82 Å². The van der Waals surface area contributed by atoms with Gasteiger partial charge in [-0.15, -0.1) is 11.3 Å². The van der Waals surface area contributed by atoms with Crippen molar-refractivity contribution in [3.8, 4) is 0 Å². The molecule has 1 atom stereocenters. The zero-order valence-electron chi connectivity index (χ0n) is 16.3. The van der Waals surface area contributed by atoms with Crippen molar-refractivity contribution in [2.45, 2.75) is 57.7 Å². The van der Waals surface area contributed by atoms with Crippen molar-refractivity contribution in [1.29, 1.82) is 0 Å².